The van der Waals surface area contributed by atoms with Gasteiger partial charge in [-0.2, -0.15) is 0 Å². The smallest absolute Gasteiger partial charge is 0.328 e. The summed E-state index contributed by atoms with van der Waals surface area (Å²) in [7, 11) is 0. The van der Waals surface area contributed by atoms with Crippen LogP contribution in [0.15, 0.2) is 12.2 Å². The third kappa shape index (κ3) is 13.3. The van der Waals surface area contributed by atoms with E-state index in [4.69, 9.17) is 4.74 Å². The Labute approximate surface area is 136 Å². The third-order valence-corrected chi connectivity index (χ3v) is 2.89. The first-order valence-electron chi connectivity index (χ1n) is 7.85. The molecule has 0 saturated heterocycles. The zero-order chi connectivity index (χ0) is 17.5. The van der Waals surface area contributed by atoms with Gasteiger partial charge in [0.1, 0.15) is 6.04 Å². The highest BCUT2D eigenvalue weighted by molar-refractivity contribution is 5.84. The monoisotopic (exact) mass is 330 g/mol. The van der Waals surface area contributed by atoms with Gasteiger partial charge in [0, 0.05) is 6.42 Å². The highest BCUT2D eigenvalue weighted by Gasteiger charge is 2.16. The van der Waals surface area contributed by atoms with Gasteiger partial charge in [0.15, 0.2) is 0 Å². The SMILES string of the molecule is CC/C=C\CCCC(=O)NC(C)C(=O)OCCCCO[N+](=O)[O-]. The Kier molecular flexibility index (Phi) is 12.3. The van der Waals surface area contributed by atoms with Crippen LogP contribution in [0.2, 0.25) is 0 Å². The van der Waals surface area contributed by atoms with E-state index in [2.05, 4.69) is 16.2 Å². The Morgan fingerprint density at radius 2 is 1.91 bits per heavy atom. The first kappa shape index (κ1) is 20.9. The molecule has 132 valence electrons. The van der Waals surface area contributed by atoms with Crippen LogP contribution in [-0.2, 0) is 19.2 Å². The van der Waals surface area contributed by atoms with E-state index in [1.54, 1.807) is 6.92 Å². The first-order chi connectivity index (χ1) is 11.0. The lowest BCUT2D eigenvalue weighted by molar-refractivity contribution is -0.757. The second-order valence-electron chi connectivity index (χ2n) is 4.99. The molecule has 0 bridgehead atoms. The van der Waals surface area contributed by atoms with Crippen LogP contribution in [0.4, 0.5) is 0 Å². The van der Waals surface area contributed by atoms with Gasteiger partial charge in [-0.15, -0.1) is 10.1 Å². The molecule has 0 aromatic heterocycles. The molecule has 0 aromatic carbocycles. The van der Waals surface area contributed by atoms with Crippen LogP contribution in [0.1, 0.15) is 52.4 Å². The number of amides is 1. The summed E-state index contributed by atoms with van der Waals surface area (Å²) in [5.41, 5.74) is 0. The van der Waals surface area contributed by atoms with Crippen LogP contribution in [0, 0.1) is 10.1 Å². The molecule has 8 nitrogen and oxygen atoms in total. The molecule has 0 fully saturated rings. The number of unbranched alkanes of at least 4 members (excludes halogenated alkanes) is 2. The fourth-order valence-electron chi connectivity index (χ4n) is 1.68. The molecule has 0 aliphatic rings. The summed E-state index contributed by atoms with van der Waals surface area (Å²) in [5.74, 6) is -0.696. The fraction of sp³-hybridized carbons (Fsp3) is 0.733. The summed E-state index contributed by atoms with van der Waals surface area (Å²) in [5, 5.41) is 11.6. The fourth-order valence-corrected chi connectivity index (χ4v) is 1.68. The first-order valence-corrected chi connectivity index (χ1v) is 7.85. The lowest BCUT2D eigenvalue weighted by Gasteiger charge is -2.13. The minimum absolute atomic E-state index is 0.0245. The van der Waals surface area contributed by atoms with Gasteiger partial charge in [0.05, 0.1) is 13.2 Å². The summed E-state index contributed by atoms with van der Waals surface area (Å²) in [4.78, 5) is 37.3. The van der Waals surface area contributed by atoms with Crippen molar-refractivity contribution in [3.63, 3.8) is 0 Å². The van der Waals surface area contributed by atoms with E-state index in [9.17, 15) is 19.7 Å². The minimum Gasteiger partial charge on any atom is -0.464 e. The standard InChI is InChI=1S/C15H26N2O6/c1-3-4-5-6-7-10-14(18)16-13(2)15(19)22-11-8-9-12-23-17(20)21/h4-5,13H,3,6-12H2,1-2H3,(H,16,18)/b5-4-. The molecule has 0 rings (SSSR count). The molecule has 0 heterocycles. The maximum atomic E-state index is 11.6. The summed E-state index contributed by atoms with van der Waals surface area (Å²) < 4.78 is 4.98. The largest absolute Gasteiger partial charge is 0.464 e. The van der Waals surface area contributed by atoms with Crippen LogP contribution in [0.3, 0.4) is 0 Å². The molecule has 1 N–H and O–H groups in total. The van der Waals surface area contributed by atoms with Crippen molar-refractivity contribution in [3.05, 3.63) is 22.3 Å². The highest BCUT2D eigenvalue weighted by Crippen LogP contribution is 1.99. The predicted octanol–water partition coefficient (Wildman–Crippen LogP) is 2.16. The number of carbonyl (C=O) groups is 2. The number of nitrogens with one attached hydrogen (secondary N) is 1. The number of nitrogens with zero attached hydrogens (tertiary/aromatic N) is 1. The summed E-state index contributed by atoms with van der Waals surface area (Å²) >= 11 is 0. The van der Waals surface area contributed by atoms with Crippen molar-refractivity contribution in [2.24, 2.45) is 0 Å². The molecule has 1 unspecified atom stereocenters. The Hall–Kier alpha value is -2.12. The molecule has 1 amide bonds. The topological polar surface area (TPSA) is 108 Å². The number of rotatable bonds is 13. The summed E-state index contributed by atoms with van der Waals surface area (Å²) in [6.07, 6.45) is 7.89. The number of esters is 1. The molecule has 1 atom stereocenters. The molecule has 0 aliphatic carbocycles. The van der Waals surface area contributed by atoms with Gasteiger partial charge in [-0.1, -0.05) is 19.1 Å². The van der Waals surface area contributed by atoms with Crippen LogP contribution in [-0.4, -0.2) is 36.2 Å². The lowest BCUT2D eigenvalue weighted by atomic mass is 10.2. The van der Waals surface area contributed by atoms with E-state index in [-0.39, 0.29) is 19.1 Å². The third-order valence-electron chi connectivity index (χ3n) is 2.89. The van der Waals surface area contributed by atoms with E-state index in [0.717, 1.165) is 19.3 Å². The van der Waals surface area contributed by atoms with Gasteiger partial charge in [0.25, 0.3) is 5.09 Å². The number of carbonyl (C=O) groups excluding carboxylic acids is 2. The molecule has 8 heteroatoms. The number of hydrogen-bond donors (Lipinski definition) is 1. The van der Waals surface area contributed by atoms with Gasteiger partial charge in [-0.3, -0.25) is 4.79 Å². The van der Waals surface area contributed by atoms with Gasteiger partial charge < -0.3 is 14.9 Å². The van der Waals surface area contributed by atoms with Crippen LogP contribution in [0.25, 0.3) is 0 Å². The molecular formula is C15H26N2O6. The molecule has 0 saturated carbocycles. The Balaban J connectivity index is 3.69. The molecular weight excluding hydrogens is 304 g/mol. The van der Waals surface area contributed by atoms with Crippen molar-refractivity contribution >= 4 is 11.9 Å². The summed E-state index contributed by atoms with van der Waals surface area (Å²) in [6, 6.07) is -0.705. The van der Waals surface area contributed by atoms with Crippen molar-refractivity contribution in [2.45, 2.75) is 58.4 Å². The van der Waals surface area contributed by atoms with Gasteiger partial charge in [-0.25, -0.2) is 4.79 Å². The zero-order valence-corrected chi connectivity index (χ0v) is 13.8. The van der Waals surface area contributed by atoms with Crippen molar-refractivity contribution < 1.29 is 24.3 Å². The maximum Gasteiger partial charge on any atom is 0.328 e. The van der Waals surface area contributed by atoms with Crippen molar-refractivity contribution in [1.82, 2.24) is 5.32 Å². The molecule has 0 aromatic rings. The normalized spacial score (nSPS) is 11.9. The van der Waals surface area contributed by atoms with Crippen LogP contribution < -0.4 is 5.32 Å². The molecule has 0 aliphatic heterocycles. The zero-order valence-electron chi connectivity index (χ0n) is 13.8. The predicted molar refractivity (Wildman–Crippen MR) is 84.0 cm³/mol. The average Bonchev–Trinajstić information content (AvgIpc) is 2.49. The number of hydrogen-bond acceptors (Lipinski definition) is 6. The van der Waals surface area contributed by atoms with Gasteiger partial charge in [-0.05, 0) is 39.0 Å². The lowest BCUT2D eigenvalue weighted by Crippen LogP contribution is -2.39. The Morgan fingerprint density at radius 1 is 1.22 bits per heavy atom. The van der Waals surface area contributed by atoms with Crippen LogP contribution >= 0.6 is 0 Å². The van der Waals surface area contributed by atoms with E-state index in [1.807, 2.05) is 13.0 Å². The summed E-state index contributed by atoms with van der Waals surface area (Å²) in [6.45, 7) is 3.73. The molecule has 0 spiro atoms. The van der Waals surface area contributed by atoms with Crippen molar-refractivity contribution in [3.8, 4) is 0 Å². The molecule has 0 radical (unpaired) electrons. The van der Waals surface area contributed by atoms with E-state index in [1.165, 1.54) is 0 Å². The number of allylic oxidation sites excluding steroid dienone is 2. The number of ether oxygens (including phenoxy) is 1. The Morgan fingerprint density at radius 3 is 2.57 bits per heavy atom. The quantitative estimate of drug-likeness (QED) is 0.182. The van der Waals surface area contributed by atoms with E-state index < -0.39 is 17.1 Å². The van der Waals surface area contributed by atoms with E-state index in [0.29, 0.717) is 19.3 Å². The average molecular weight is 330 g/mol. The molecule has 23 heavy (non-hydrogen) atoms. The second-order valence-corrected chi connectivity index (χ2v) is 4.99. The minimum atomic E-state index is -0.859. The van der Waals surface area contributed by atoms with Crippen molar-refractivity contribution in [2.75, 3.05) is 13.2 Å². The van der Waals surface area contributed by atoms with E-state index >= 15 is 0 Å². The highest BCUT2D eigenvalue weighted by atomic mass is 16.9. The van der Waals surface area contributed by atoms with Gasteiger partial charge in [0.2, 0.25) is 5.91 Å². The van der Waals surface area contributed by atoms with Gasteiger partial charge >= 0.3 is 5.97 Å². The Bertz CT molecular complexity index is 397. The maximum absolute atomic E-state index is 11.6. The second kappa shape index (κ2) is 13.5. The van der Waals surface area contributed by atoms with Crippen LogP contribution in [0.5, 0.6) is 0 Å². The van der Waals surface area contributed by atoms with Crippen molar-refractivity contribution in [1.29, 1.82) is 0 Å².